The van der Waals surface area contributed by atoms with Gasteiger partial charge < -0.3 is 15.4 Å². The highest BCUT2D eigenvalue weighted by molar-refractivity contribution is 7.16. The van der Waals surface area contributed by atoms with E-state index < -0.39 is 4.92 Å². The maximum absolute atomic E-state index is 12.2. The fourth-order valence-electron chi connectivity index (χ4n) is 2.65. The number of rotatable bonds is 4. The van der Waals surface area contributed by atoms with E-state index in [4.69, 9.17) is 0 Å². The molecular formula is C14H13N5O3S. The molecule has 23 heavy (non-hydrogen) atoms. The molecule has 118 valence electrons. The summed E-state index contributed by atoms with van der Waals surface area (Å²) in [5.41, 5.74) is 2.11. The molecule has 8 nitrogen and oxygen atoms in total. The van der Waals surface area contributed by atoms with Crippen LogP contribution in [0.1, 0.15) is 28.1 Å². The number of amides is 1. The van der Waals surface area contributed by atoms with Crippen molar-refractivity contribution in [2.24, 2.45) is 0 Å². The molecule has 0 saturated heterocycles. The molecule has 0 radical (unpaired) electrons. The smallest absolute Gasteiger partial charge is 0.358 e. The summed E-state index contributed by atoms with van der Waals surface area (Å²) in [6.45, 7) is 1.51. The SMILES string of the molecule is Cc1cc([N+](=O)[O-])nn1CC(=O)Nc1sc2c(c1C#N)CCC2. The topological polar surface area (TPSA) is 114 Å². The Bertz CT molecular complexity index is 845. The minimum Gasteiger partial charge on any atom is -0.358 e. The van der Waals surface area contributed by atoms with Crippen LogP contribution in [0.5, 0.6) is 0 Å². The van der Waals surface area contributed by atoms with Crippen molar-refractivity contribution in [1.29, 1.82) is 5.26 Å². The number of hydrogen-bond acceptors (Lipinski definition) is 6. The van der Waals surface area contributed by atoms with Gasteiger partial charge in [-0.1, -0.05) is 0 Å². The van der Waals surface area contributed by atoms with E-state index in [0.29, 0.717) is 16.3 Å². The Morgan fingerprint density at radius 3 is 3.04 bits per heavy atom. The van der Waals surface area contributed by atoms with Crippen LogP contribution in [-0.2, 0) is 24.2 Å². The van der Waals surface area contributed by atoms with E-state index in [1.165, 1.54) is 22.1 Å². The van der Waals surface area contributed by atoms with Crippen LogP contribution in [0, 0.1) is 28.4 Å². The largest absolute Gasteiger partial charge is 0.390 e. The molecule has 1 aliphatic rings. The van der Waals surface area contributed by atoms with E-state index >= 15 is 0 Å². The summed E-state index contributed by atoms with van der Waals surface area (Å²) < 4.78 is 1.28. The monoisotopic (exact) mass is 331 g/mol. The van der Waals surface area contributed by atoms with Gasteiger partial charge in [0.15, 0.2) is 0 Å². The van der Waals surface area contributed by atoms with E-state index in [-0.39, 0.29) is 18.3 Å². The van der Waals surface area contributed by atoms with Gasteiger partial charge >= 0.3 is 5.82 Å². The van der Waals surface area contributed by atoms with Crippen LogP contribution in [0.2, 0.25) is 0 Å². The predicted molar refractivity (Wildman–Crippen MR) is 83.3 cm³/mol. The van der Waals surface area contributed by atoms with Gasteiger partial charge in [-0.3, -0.25) is 4.79 Å². The lowest BCUT2D eigenvalue weighted by Gasteiger charge is -2.03. The summed E-state index contributed by atoms with van der Waals surface area (Å²) in [4.78, 5) is 23.4. The van der Waals surface area contributed by atoms with Crippen molar-refractivity contribution in [3.8, 4) is 6.07 Å². The lowest BCUT2D eigenvalue weighted by Crippen LogP contribution is -2.20. The molecule has 3 rings (SSSR count). The number of fused-ring (bicyclic) bond motifs is 1. The normalized spacial score (nSPS) is 12.7. The summed E-state index contributed by atoms with van der Waals surface area (Å²) in [6, 6.07) is 3.47. The van der Waals surface area contributed by atoms with E-state index in [0.717, 1.165) is 29.7 Å². The van der Waals surface area contributed by atoms with Crippen molar-refractivity contribution in [1.82, 2.24) is 9.78 Å². The lowest BCUT2D eigenvalue weighted by molar-refractivity contribution is -0.389. The van der Waals surface area contributed by atoms with E-state index in [1.807, 2.05) is 0 Å². The number of aromatic nitrogens is 2. The quantitative estimate of drug-likeness (QED) is 0.681. The number of thiophene rings is 1. The molecule has 0 bridgehead atoms. The summed E-state index contributed by atoms with van der Waals surface area (Å²) >= 11 is 1.43. The molecule has 2 heterocycles. The standard InChI is InChI=1S/C14H13N5O3S/c1-8-5-12(19(21)22)17-18(8)7-13(20)16-14-10(6-15)9-3-2-4-11(9)23-14/h5H,2-4,7H2,1H3,(H,16,20). The molecule has 1 aliphatic carbocycles. The third kappa shape index (κ3) is 2.80. The molecule has 2 aromatic heterocycles. The highest BCUT2D eigenvalue weighted by atomic mass is 32.1. The first-order valence-corrected chi connectivity index (χ1v) is 7.84. The molecule has 1 N–H and O–H groups in total. The second-order valence-corrected chi connectivity index (χ2v) is 6.39. The van der Waals surface area contributed by atoms with Crippen molar-refractivity contribution in [3.05, 3.63) is 37.9 Å². The number of carbonyl (C=O) groups excluding carboxylic acids is 1. The van der Waals surface area contributed by atoms with Crippen molar-refractivity contribution in [3.63, 3.8) is 0 Å². The van der Waals surface area contributed by atoms with Gasteiger partial charge in [-0.15, -0.1) is 11.3 Å². The number of aryl methyl sites for hydroxylation is 2. The van der Waals surface area contributed by atoms with Crippen molar-refractivity contribution < 1.29 is 9.72 Å². The predicted octanol–water partition coefficient (Wildman–Crippen LogP) is 2.16. The Morgan fingerprint density at radius 2 is 2.39 bits per heavy atom. The molecule has 0 spiro atoms. The van der Waals surface area contributed by atoms with Crippen molar-refractivity contribution in [2.75, 3.05) is 5.32 Å². The number of nitriles is 1. The molecule has 0 atom stereocenters. The van der Waals surface area contributed by atoms with Gasteiger partial charge in [-0.25, -0.2) is 0 Å². The number of carbonyl (C=O) groups is 1. The van der Waals surface area contributed by atoms with Crippen LogP contribution in [0.15, 0.2) is 6.07 Å². The van der Waals surface area contributed by atoms with Crippen LogP contribution < -0.4 is 5.32 Å². The second-order valence-electron chi connectivity index (χ2n) is 5.28. The number of nitrogens with zero attached hydrogens (tertiary/aromatic N) is 4. The average Bonchev–Trinajstić information content (AvgIpc) is 3.14. The van der Waals surface area contributed by atoms with Gasteiger partial charge in [-0.2, -0.15) is 9.94 Å². The van der Waals surface area contributed by atoms with Crippen LogP contribution in [-0.4, -0.2) is 20.6 Å². The van der Waals surface area contributed by atoms with Crippen molar-refractivity contribution >= 4 is 28.1 Å². The van der Waals surface area contributed by atoms with Gasteiger partial charge in [0, 0.05) is 4.88 Å². The van der Waals surface area contributed by atoms with Crippen LogP contribution in [0.25, 0.3) is 0 Å². The molecule has 0 saturated carbocycles. The molecule has 0 unspecified atom stereocenters. The van der Waals surface area contributed by atoms with E-state index in [2.05, 4.69) is 16.5 Å². The van der Waals surface area contributed by atoms with E-state index in [9.17, 15) is 20.2 Å². The number of nitro groups is 1. The maximum Gasteiger partial charge on any atom is 0.390 e. The zero-order valence-electron chi connectivity index (χ0n) is 12.3. The minimum atomic E-state index is -0.598. The number of nitrogens with one attached hydrogen (secondary N) is 1. The van der Waals surface area contributed by atoms with Gasteiger partial charge in [0.05, 0.1) is 22.4 Å². The number of hydrogen-bond donors (Lipinski definition) is 1. The van der Waals surface area contributed by atoms with Crippen molar-refractivity contribution in [2.45, 2.75) is 32.7 Å². The van der Waals surface area contributed by atoms with Gasteiger partial charge in [-0.05, 0) is 36.7 Å². The molecule has 9 heteroatoms. The minimum absolute atomic E-state index is 0.132. The maximum atomic E-state index is 12.2. The molecule has 0 aromatic carbocycles. The summed E-state index contributed by atoms with van der Waals surface area (Å²) in [7, 11) is 0. The van der Waals surface area contributed by atoms with Crippen LogP contribution >= 0.6 is 11.3 Å². The zero-order valence-corrected chi connectivity index (χ0v) is 13.1. The third-order valence-electron chi connectivity index (χ3n) is 3.73. The molecule has 0 aliphatic heterocycles. The molecule has 1 amide bonds. The summed E-state index contributed by atoms with van der Waals surface area (Å²) in [6.07, 6.45) is 2.85. The first-order valence-electron chi connectivity index (χ1n) is 7.03. The van der Waals surface area contributed by atoms with Crippen LogP contribution in [0.3, 0.4) is 0 Å². The second kappa shape index (κ2) is 5.81. The summed E-state index contributed by atoms with van der Waals surface area (Å²) in [5, 5.41) is 27.1. The van der Waals surface area contributed by atoms with E-state index in [1.54, 1.807) is 6.92 Å². The average molecular weight is 331 g/mol. The first-order chi connectivity index (χ1) is 11.0. The Morgan fingerprint density at radius 1 is 1.61 bits per heavy atom. The Kier molecular flexibility index (Phi) is 3.83. The van der Waals surface area contributed by atoms with Crippen LogP contribution in [0.4, 0.5) is 10.8 Å². The molecular weight excluding hydrogens is 318 g/mol. The van der Waals surface area contributed by atoms with Gasteiger partial charge in [0.25, 0.3) is 0 Å². The Hall–Kier alpha value is -2.73. The fraction of sp³-hybridized carbons (Fsp3) is 0.357. The number of anilines is 1. The highest BCUT2D eigenvalue weighted by Crippen LogP contribution is 2.38. The lowest BCUT2D eigenvalue weighted by atomic mass is 10.1. The third-order valence-corrected chi connectivity index (χ3v) is 4.94. The van der Waals surface area contributed by atoms with Gasteiger partial charge in [0.2, 0.25) is 5.91 Å². The molecule has 0 fully saturated rings. The highest BCUT2D eigenvalue weighted by Gasteiger charge is 2.24. The Labute approximate surface area is 135 Å². The summed E-state index contributed by atoms with van der Waals surface area (Å²) in [5.74, 6) is -0.648. The zero-order chi connectivity index (χ0) is 16.6. The van der Waals surface area contributed by atoms with Gasteiger partial charge in [0.1, 0.15) is 17.6 Å². The first kappa shape index (κ1) is 15.2. The fourth-order valence-corrected chi connectivity index (χ4v) is 3.91. The Balaban J connectivity index is 1.76. The molecule has 2 aromatic rings.